The number of hydrazone groups is 1. The molecular weight excluding hydrogens is 142 g/mol. The summed E-state index contributed by atoms with van der Waals surface area (Å²) in [5.74, 6) is 0.313. The average Bonchev–Trinajstić information content (AvgIpc) is 1.84. The summed E-state index contributed by atoms with van der Waals surface area (Å²) in [6.07, 6.45) is 1.49. The Balaban J connectivity index is 4.16. The highest BCUT2D eigenvalue weighted by Gasteiger charge is 1.95. The molecule has 0 radical (unpaired) electrons. The molecule has 1 amide bonds. The Labute approximate surface area is 66.6 Å². The lowest BCUT2D eigenvalue weighted by atomic mass is 10.5. The second-order valence-electron chi connectivity index (χ2n) is 2.22. The Hall–Kier alpha value is -1.32. The molecule has 0 aliphatic carbocycles. The monoisotopic (exact) mass is 155 g/mol. The smallest absolute Gasteiger partial charge is 0.222 e. The first-order chi connectivity index (χ1) is 5.06. The van der Waals surface area contributed by atoms with Crippen molar-refractivity contribution >= 4 is 11.7 Å². The summed E-state index contributed by atoms with van der Waals surface area (Å²) in [5, 5.41) is 8.04. The average molecular weight is 155 g/mol. The van der Waals surface area contributed by atoms with Crippen LogP contribution in [0.3, 0.4) is 0 Å². The van der Waals surface area contributed by atoms with Gasteiger partial charge in [0.2, 0.25) is 5.91 Å². The van der Waals surface area contributed by atoms with E-state index in [0.29, 0.717) is 5.84 Å². The van der Waals surface area contributed by atoms with Crippen molar-refractivity contribution in [2.75, 3.05) is 14.1 Å². The van der Waals surface area contributed by atoms with Gasteiger partial charge in [0, 0.05) is 21.0 Å². The summed E-state index contributed by atoms with van der Waals surface area (Å²) in [7, 11) is 3.54. The molecule has 0 unspecified atom stereocenters. The van der Waals surface area contributed by atoms with Crippen LogP contribution in [0.1, 0.15) is 6.92 Å². The lowest BCUT2D eigenvalue weighted by molar-refractivity contribution is -0.117. The number of hydrogen-bond acceptors (Lipinski definition) is 3. The van der Waals surface area contributed by atoms with Gasteiger partial charge in [0.1, 0.15) is 0 Å². The van der Waals surface area contributed by atoms with Crippen LogP contribution in [0.25, 0.3) is 0 Å². The maximum Gasteiger partial charge on any atom is 0.222 e. The first-order valence-electron chi connectivity index (χ1n) is 3.22. The molecule has 0 aliphatic heterocycles. The van der Waals surface area contributed by atoms with E-state index in [-0.39, 0.29) is 5.91 Å². The van der Waals surface area contributed by atoms with Crippen LogP contribution in [0, 0.1) is 0 Å². The highest BCUT2D eigenvalue weighted by Crippen LogP contribution is 1.80. The fourth-order valence-electron chi connectivity index (χ4n) is 0.513. The third-order valence-electron chi connectivity index (χ3n) is 0.805. The Kier molecular flexibility index (Phi) is 3.95. The lowest BCUT2D eigenvalue weighted by Gasteiger charge is -2.06. The highest BCUT2D eigenvalue weighted by atomic mass is 16.1. The quantitative estimate of drug-likeness (QED) is 0.351. The first kappa shape index (κ1) is 9.68. The number of rotatable bonds is 2. The maximum absolute atomic E-state index is 10.5. The predicted octanol–water partition coefficient (Wildman–Crippen LogP) is 0.184. The minimum absolute atomic E-state index is 0.148. The summed E-state index contributed by atoms with van der Waals surface area (Å²) in [5.41, 5.74) is 0. The molecule has 4 nitrogen and oxygen atoms in total. The van der Waals surface area contributed by atoms with Crippen LogP contribution in [0.5, 0.6) is 0 Å². The normalized spacial score (nSPS) is 10.6. The van der Waals surface area contributed by atoms with Gasteiger partial charge in [-0.2, -0.15) is 5.10 Å². The van der Waals surface area contributed by atoms with Crippen molar-refractivity contribution in [1.29, 1.82) is 0 Å². The SMILES string of the molecule is C=C/C(=N\N(C)C)NC(C)=O. The largest absolute Gasteiger partial charge is 0.310 e. The number of amides is 1. The fraction of sp³-hybridized carbons (Fsp3) is 0.429. The van der Waals surface area contributed by atoms with Gasteiger partial charge in [0.15, 0.2) is 5.84 Å². The van der Waals surface area contributed by atoms with E-state index in [2.05, 4.69) is 17.0 Å². The number of amidine groups is 1. The molecule has 0 bridgehead atoms. The molecule has 11 heavy (non-hydrogen) atoms. The molecule has 0 aliphatic rings. The molecule has 0 spiro atoms. The number of hydrogen-bond donors (Lipinski definition) is 1. The van der Waals surface area contributed by atoms with Gasteiger partial charge in [-0.1, -0.05) is 6.58 Å². The minimum Gasteiger partial charge on any atom is -0.310 e. The van der Waals surface area contributed by atoms with Crippen LogP contribution in [-0.2, 0) is 4.79 Å². The van der Waals surface area contributed by atoms with Crippen molar-refractivity contribution in [1.82, 2.24) is 10.3 Å². The summed E-state index contributed by atoms with van der Waals surface area (Å²) in [6, 6.07) is 0. The van der Waals surface area contributed by atoms with Crippen molar-refractivity contribution in [3.05, 3.63) is 12.7 Å². The predicted molar refractivity (Wildman–Crippen MR) is 45.1 cm³/mol. The van der Waals surface area contributed by atoms with Crippen LogP contribution < -0.4 is 5.32 Å². The lowest BCUT2D eigenvalue weighted by Crippen LogP contribution is -2.28. The van der Waals surface area contributed by atoms with Gasteiger partial charge in [0.05, 0.1) is 0 Å². The molecular formula is C7H13N3O. The van der Waals surface area contributed by atoms with Gasteiger partial charge in [-0.15, -0.1) is 0 Å². The standard InChI is InChI=1S/C7H13N3O/c1-5-7(8-6(2)11)9-10(3)4/h5H,1H2,2-4H3,(H,8,9,11). The topological polar surface area (TPSA) is 44.7 Å². The van der Waals surface area contributed by atoms with Crippen LogP contribution in [0.15, 0.2) is 17.8 Å². The molecule has 0 rings (SSSR count). The van der Waals surface area contributed by atoms with E-state index >= 15 is 0 Å². The zero-order valence-corrected chi connectivity index (χ0v) is 7.09. The molecule has 0 saturated carbocycles. The molecule has 0 atom stereocenters. The third kappa shape index (κ3) is 5.14. The fourth-order valence-corrected chi connectivity index (χ4v) is 0.513. The molecule has 0 aromatic heterocycles. The zero-order valence-electron chi connectivity index (χ0n) is 7.09. The van der Waals surface area contributed by atoms with Crippen molar-refractivity contribution in [2.45, 2.75) is 6.92 Å². The van der Waals surface area contributed by atoms with Gasteiger partial charge in [-0.3, -0.25) is 4.79 Å². The van der Waals surface area contributed by atoms with Gasteiger partial charge in [-0.05, 0) is 6.08 Å². The van der Waals surface area contributed by atoms with Crippen molar-refractivity contribution in [3.63, 3.8) is 0 Å². The molecule has 0 aromatic rings. The molecule has 0 saturated heterocycles. The second kappa shape index (κ2) is 4.49. The van der Waals surface area contributed by atoms with Gasteiger partial charge in [-0.25, -0.2) is 0 Å². The van der Waals surface area contributed by atoms with E-state index in [9.17, 15) is 4.79 Å². The van der Waals surface area contributed by atoms with E-state index < -0.39 is 0 Å². The van der Waals surface area contributed by atoms with E-state index in [4.69, 9.17) is 0 Å². The molecule has 0 heterocycles. The van der Waals surface area contributed by atoms with Gasteiger partial charge in [0.25, 0.3) is 0 Å². The van der Waals surface area contributed by atoms with E-state index in [1.54, 1.807) is 19.1 Å². The van der Waals surface area contributed by atoms with E-state index in [0.717, 1.165) is 0 Å². The second-order valence-corrected chi connectivity index (χ2v) is 2.22. The van der Waals surface area contributed by atoms with Crippen LogP contribution >= 0.6 is 0 Å². The Bertz CT molecular complexity index is 184. The Morgan fingerprint density at radius 3 is 2.45 bits per heavy atom. The number of carbonyl (C=O) groups is 1. The van der Waals surface area contributed by atoms with Crippen LogP contribution in [0.2, 0.25) is 0 Å². The Morgan fingerprint density at radius 2 is 2.18 bits per heavy atom. The number of carbonyl (C=O) groups excluding carboxylic acids is 1. The van der Waals surface area contributed by atoms with Crippen molar-refractivity contribution < 1.29 is 4.79 Å². The molecule has 1 N–H and O–H groups in total. The van der Waals surface area contributed by atoms with Crippen LogP contribution in [0.4, 0.5) is 0 Å². The number of nitrogens with zero attached hydrogens (tertiary/aromatic N) is 2. The number of nitrogens with one attached hydrogen (secondary N) is 1. The first-order valence-corrected chi connectivity index (χ1v) is 3.22. The minimum atomic E-state index is -0.148. The maximum atomic E-state index is 10.5. The van der Waals surface area contributed by atoms with Crippen molar-refractivity contribution in [2.24, 2.45) is 5.10 Å². The third-order valence-corrected chi connectivity index (χ3v) is 0.805. The Morgan fingerprint density at radius 1 is 1.64 bits per heavy atom. The summed E-state index contributed by atoms with van der Waals surface area (Å²) < 4.78 is 0. The molecule has 4 heteroatoms. The molecule has 0 fully saturated rings. The summed E-state index contributed by atoms with van der Waals surface area (Å²) in [4.78, 5) is 10.5. The summed E-state index contributed by atoms with van der Waals surface area (Å²) >= 11 is 0. The molecule has 62 valence electrons. The molecule has 0 aromatic carbocycles. The van der Waals surface area contributed by atoms with Gasteiger partial charge >= 0.3 is 0 Å². The summed E-state index contributed by atoms with van der Waals surface area (Å²) in [6.45, 7) is 4.92. The van der Waals surface area contributed by atoms with Crippen LogP contribution in [-0.4, -0.2) is 30.8 Å². The van der Waals surface area contributed by atoms with E-state index in [1.165, 1.54) is 13.0 Å². The van der Waals surface area contributed by atoms with Crippen molar-refractivity contribution in [3.8, 4) is 0 Å². The van der Waals surface area contributed by atoms with Gasteiger partial charge < -0.3 is 10.3 Å². The highest BCUT2D eigenvalue weighted by molar-refractivity contribution is 6.03. The van der Waals surface area contributed by atoms with E-state index in [1.807, 2.05) is 0 Å². The zero-order chi connectivity index (χ0) is 8.85.